The number of hydrogen-bond donors (Lipinski definition) is 1. The number of ether oxygens (including phenoxy) is 1. The van der Waals surface area contributed by atoms with Gasteiger partial charge in [0.2, 0.25) is 0 Å². The number of nitrogens with zero attached hydrogens (tertiary/aromatic N) is 3. The Bertz CT molecular complexity index is 879. The van der Waals surface area contributed by atoms with Gasteiger partial charge in [-0.15, -0.1) is 0 Å². The predicted molar refractivity (Wildman–Crippen MR) is 90.6 cm³/mol. The topological polar surface area (TPSA) is 72.8 Å². The van der Waals surface area contributed by atoms with Crippen molar-refractivity contribution in [3.8, 4) is 0 Å². The molecule has 2 heterocycles. The number of benzene rings is 1. The van der Waals surface area contributed by atoms with E-state index in [1.807, 2.05) is 35.0 Å². The summed E-state index contributed by atoms with van der Waals surface area (Å²) in [7, 11) is 0. The van der Waals surface area contributed by atoms with Gasteiger partial charge in [-0.2, -0.15) is 5.10 Å². The van der Waals surface area contributed by atoms with Crippen LogP contribution in [0.25, 0.3) is 11.0 Å². The normalized spacial score (nSPS) is 15.3. The minimum absolute atomic E-state index is 0.150. The summed E-state index contributed by atoms with van der Waals surface area (Å²) in [4.78, 5) is 19.6. The van der Waals surface area contributed by atoms with Crippen molar-refractivity contribution in [2.45, 2.75) is 44.9 Å². The number of hydrogen-bond acceptors (Lipinski definition) is 4. The lowest BCUT2D eigenvalue weighted by Gasteiger charge is -2.11. The molecule has 2 aromatic heterocycles. The monoisotopic (exact) mass is 324 g/mol. The van der Waals surface area contributed by atoms with Gasteiger partial charge in [-0.05, 0) is 18.4 Å². The number of aromatic nitrogens is 4. The van der Waals surface area contributed by atoms with Gasteiger partial charge in [0.15, 0.2) is 5.65 Å². The quantitative estimate of drug-likeness (QED) is 0.783. The Hall–Kier alpha value is -2.47. The van der Waals surface area contributed by atoms with Crippen LogP contribution in [0.15, 0.2) is 41.3 Å². The minimum Gasteiger partial charge on any atom is -0.369 e. The smallest absolute Gasteiger partial charge is 0.262 e. The molecule has 0 spiro atoms. The molecule has 124 valence electrons. The van der Waals surface area contributed by atoms with Crippen molar-refractivity contribution < 1.29 is 4.74 Å². The van der Waals surface area contributed by atoms with E-state index in [4.69, 9.17) is 4.74 Å². The molecule has 0 unspecified atom stereocenters. The number of aromatic amines is 1. The van der Waals surface area contributed by atoms with E-state index in [1.54, 1.807) is 6.20 Å². The molecule has 24 heavy (non-hydrogen) atoms. The maximum atomic E-state index is 12.3. The summed E-state index contributed by atoms with van der Waals surface area (Å²) >= 11 is 0. The fourth-order valence-corrected chi connectivity index (χ4v) is 3.31. The summed E-state index contributed by atoms with van der Waals surface area (Å²) in [6, 6.07) is 10.3. The Labute approximate surface area is 139 Å². The zero-order chi connectivity index (χ0) is 16.4. The molecule has 1 saturated carbocycles. The SMILES string of the molecule is O=c1[nH]c(COCc2ccccc2)nc2c1cnn2C1CCCC1. The molecular formula is C18H20N4O2. The first-order chi connectivity index (χ1) is 11.8. The van der Waals surface area contributed by atoms with Crippen molar-refractivity contribution in [1.82, 2.24) is 19.7 Å². The first kappa shape index (κ1) is 15.1. The predicted octanol–water partition coefficient (Wildman–Crippen LogP) is 2.95. The van der Waals surface area contributed by atoms with E-state index in [0.29, 0.717) is 29.5 Å². The second kappa shape index (κ2) is 6.57. The van der Waals surface area contributed by atoms with Crippen LogP contribution in [-0.2, 0) is 18.0 Å². The molecule has 1 aliphatic carbocycles. The lowest BCUT2D eigenvalue weighted by atomic mass is 10.2. The Morgan fingerprint density at radius 1 is 1.17 bits per heavy atom. The lowest BCUT2D eigenvalue weighted by molar-refractivity contribution is 0.102. The van der Waals surface area contributed by atoms with Gasteiger partial charge in [-0.25, -0.2) is 9.67 Å². The highest BCUT2D eigenvalue weighted by Crippen LogP contribution is 2.30. The van der Waals surface area contributed by atoms with Crippen molar-refractivity contribution in [2.24, 2.45) is 0 Å². The molecule has 0 amide bonds. The maximum Gasteiger partial charge on any atom is 0.262 e. The Kier molecular flexibility index (Phi) is 4.13. The molecule has 1 fully saturated rings. The van der Waals surface area contributed by atoms with Gasteiger partial charge < -0.3 is 9.72 Å². The third-order valence-electron chi connectivity index (χ3n) is 4.53. The van der Waals surface area contributed by atoms with E-state index in [-0.39, 0.29) is 12.2 Å². The van der Waals surface area contributed by atoms with Crippen LogP contribution >= 0.6 is 0 Å². The van der Waals surface area contributed by atoms with E-state index in [1.165, 1.54) is 12.8 Å². The standard InChI is InChI=1S/C18H20N4O2/c23-18-15-10-19-22(14-8-4-5-9-14)17(15)20-16(21-18)12-24-11-13-6-2-1-3-7-13/h1-3,6-7,10,14H,4-5,8-9,11-12H2,(H,20,21,23). The first-order valence-electron chi connectivity index (χ1n) is 8.39. The largest absolute Gasteiger partial charge is 0.369 e. The van der Waals surface area contributed by atoms with E-state index in [9.17, 15) is 4.79 Å². The number of rotatable bonds is 5. The minimum atomic E-state index is -0.150. The lowest BCUT2D eigenvalue weighted by Crippen LogP contribution is -2.15. The van der Waals surface area contributed by atoms with Gasteiger partial charge in [0, 0.05) is 0 Å². The fourth-order valence-electron chi connectivity index (χ4n) is 3.31. The highest BCUT2D eigenvalue weighted by molar-refractivity contribution is 5.73. The van der Waals surface area contributed by atoms with E-state index in [0.717, 1.165) is 18.4 Å². The molecular weight excluding hydrogens is 304 g/mol. The molecule has 4 rings (SSSR count). The van der Waals surface area contributed by atoms with Crippen LogP contribution in [0.3, 0.4) is 0 Å². The van der Waals surface area contributed by atoms with Crippen molar-refractivity contribution in [2.75, 3.05) is 0 Å². The molecule has 1 N–H and O–H groups in total. The zero-order valence-electron chi connectivity index (χ0n) is 13.4. The Balaban J connectivity index is 1.55. The fraction of sp³-hybridized carbons (Fsp3) is 0.389. The number of nitrogens with one attached hydrogen (secondary N) is 1. The summed E-state index contributed by atoms with van der Waals surface area (Å²) in [6.07, 6.45) is 6.24. The third-order valence-corrected chi connectivity index (χ3v) is 4.53. The van der Waals surface area contributed by atoms with Crippen molar-refractivity contribution in [1.29, 1.82) is 0 Å². The van der Waals surface area contributed by atoms with Crippen LogP contribution in [0.5, 0.6) is 0 Å². The summed E-state index contributed by atoms with van der Waals surface area (Å²) in [5.41, 5.74) is 1.61. The highest BCUT2D eigenvalue weighted by Gasteiger charge is 2.21. The van der Waals surface area contributed by atoms with E-state index < -0.39 is 0 Å². The van der Waals surface area contributed by atoms with Crippen LogP contribution in [0.1, 0.15) is 43.1 Å². The Morgan fingerprint density at radius 2 is 1.96 bits per heavy atom. The van der Waals surface area contributed by atoms with Crippen molar-refractivity contribution in [3.63, 3.8) is 0 Å². The van der Waals surface area contributed by atoms with E-state index >= 15 is 0 Å². The highest BCUT2D eigenvalue weighted by atomic mass is 16.5. The molecule has 1 aromatic carbocycles. The summed E-state index contributed by atoms with van der Waals surface area (Å²) in [5.74, 6) is 0.545. The first-order valence-corrected chi connectivity index (χ1v) is 8.39. The molecule has 0 radical (unpaired) electrons. The van der Waals surface area contributed by atoms with Crippen LogP contribution in [-0.4, -0.2) is 19.7 Å². The van der Waals surface area contributed by atoms with Crippen LogP contribution in [0.2, 0.25) is 0 Å². The van der Waals surface area contributed by atoms with Gasteiger partial charge in [0.25, 0.3) is 5.56 Å². The average Bonchev–Trinajstić information content (AvgIpc) is 3.25. The van der Waals surface area contributed by atoms with Gasteiger partial charge in [-0.3, -0.25) is 4.79 Å². The van der Waals surface area contributed by atoms with Crippen molar-refractivity contribution >= 4 is 11.0 Å². The molecule has 0 atom stereocenters. The van der Waals surface area contributed by atoms with Gasteiger partial charge in [-0.1, -0.05) is 43.2 Å². The van der Waals surface area contributed by atoms with Crippen LogP contribution in [0.4, 0.5) is 0 Å². The molecule has 0 saturated heterocycles. The molecule has 6 heteroatoms. The molecule has 6 nitrogen and oxygen atoms in total. The van der Waals surface area contributed by atoms with Crippen molar-refractivity contribution in [3.05, 3.63) is 58.3 Å². The molecule has 0 bridgehead atoms. The van der Waals surface area contributed by atoms with Crippen LogP contribution < -0.4 is 5.56 Å². The summed E-state index contributed by atoms with van der Waals surface area (Å²) < 4.78 is 7.60. The molecule has 3 aromatic rings. The van der Waals surface area contributed by atoms with Gasteiger partial charge >= 0.3 is 0 Å². The summed E-state index contributed by atoms with van der Waals surface area (Å²) in [6.45, 7) is 0.764. The second-order valence-electron chi connectivity index (χ2n) is 6.26. The van der Waals surface area contributed by atoms with Gasteiger partial charge in [0.1, 0.15) is 17.8 Å². The third kappa shape index (κ3) is 2.97. The number of fused-ring (bicyclic) bond motifs is 1. The maximum absolute atomic E-state index is 12.3. The second-order valence-corrected chi connectivity index (χ2v) is 6.26. The summed E-state index contributed by atoms with van der Waals surface area (Å²) in [5, 5.41) is 4.95. The Morgan fingerprint density at radius 3 is 2.75 bits per heavy atom. The van der Waals surface area contributed by atoms with E-state index in [2.05, 4.69) is 15.1 Å². The van der Waals surface area contributed by atoms with Crippen LogP contribution in [0, 0.1) is 0 Å². The average molecular weight is 324 g/mol. The number of H-pyrrole nitrogens is 1. The molecule has 1 aliphatic rings. The zero-order valence-corrected chi connectivity index (χ0v) is 13.4. The van der Waals surface area contributed by atoms with Gasteiger partial charge in [0.05, 0.1) is 18.8 Å². The molecule has 0 aliphatic heterocycles.